The second-order valence-electron chi connectivity index (χ2n) is 8.17. The Bertz CT molecular complexity index is 699. The zero-order valence-electron chi connectivity index (χ0n) is 16.8. The number of carbonyl (C=O) groups is 2. The molecule has 10 nitrogen and oxygen atoms in total. The molecule has 1 unspecified atom stereocenters. The van der Waals surface area contributed by atoms with Crippen molar-refractivity contribution in [1.29, 1.82) is 0 Å². The van der Waals surface area contributed by atoms with E-state index in [9.17, 15) is 9.90 Å². The van der Waals surface area contributed by atoms with Gasteiger partial charge in [0, 0.05) is 26.1 Å². The number of carboxylic acids is 1. The van der Waals surface area contributed by atoms with Crippen LogP contribution in [0, 0.1) is 5.92 Å². The van der Waals surface area contributed by atoms with E-state index in [4.69, 9.17) is 20.4 Å². The first-order valence-corrected chi connectivity index (χ1v) is 10.3. The van der Waals surface area contributed by atoms with Crippen LogP contribution in [0.5, 0.6) is 0 Å². The molecular weight excluding hydrogens is 378 g/mol. The molecule has 1 aromatic heterocycles. The monoisotopic (exact) mass is 409 g/mol. The molecular formula is C19H31N5O5. The van der Waals surface area contributed by atoms with Gasteiger partial charge in [-0.15, -0.1) is 5.10 Å². The van der Waals surface area contributed by atoms with Crippen LogP contribution >= 0.6 is 0 Å². The van der Waals surface area contributed by atoms with Gasteiger partial charge < -0.3 is 25.6 Å². The highest BCUT2D eigenvalue weighted by Gasteiger charge is 2.43. The van der Waals surface area contributed by atoms with E-state index in [0.717, 1.165) is 45.4 Å². The van der Waals surface area contributed by atoms with Crippen molar-refractivity contribution in [2.75, 3.05) is 19.8 Å². The van der Waals surface area contributed by atoms with Gasteiger partial charge in [0.25, 0.3) is 11.9 Å². The maximum Gasteiger partial charge on any atom is 0.300 e. The lowest BCUT2D eigenvalue weighted by Gasteiger charge is -2.37. The van der Waals surface area contributed by atoms with Crippen molar-refractivity contribution in [1.82, 2.24) is 19.9 Å². The number of aliphatic hydroxyl groups is 1. The number of amides is 1. The highest BCUT2D eigenvalue weighted by molar-refractivity contribution is 5.92. The summed E-state index contributed by atoms with van der Waals surface area (Å²) in [5.74, 6) is -0.693. The summed E-state index contributed by atoms with van der Waals surface area (Å²) in [7, 11) is 0. The second kappa shape index (κ2) is 9.64. The van der Waals surface area contributed by atoms with Gasteiger partial charge in [0.1, 0.15) is 0 Å². The summed E-state index contributed by atoms with van der Waals surface area (Å²) >= 11 is 0. The molecule has 4 N–H and O–H groups in total. The number of nitrogens with zero attached hydrogens (tertiary/aromatic N) is 4. The lowest BCUT2D eigenvalue weighted by atomic mass is 9.92. The average Bonchev–Trinajstić information content (AvgIpc) is 3.34. The van der Waals surface area contributed by atoms with E-state index in [1.54, 1.807) is 6.20 Å². The number of morpholine rings is 1. The Kier molecular flexibility index (Phi) is 7.20. The number of nitrogens with two attached hydrogens (primary N) is 1. The van der Waals surface area contributed by atoms with Crippen molar-refractivity contribution in [2.45, 2.75) is 69.7 Å². The number of ether oxygens (including phenoxy) is 1. The normalized spacial score (nSPS) is 31.6. The predicted octanol–water partition coefficient (Wildman–Crippen LogP) is 0.423. The molecule has 0 spiro atoms. The number of carbonyl (C=O) groups excluding carboxylic acids is 1. The van der Waals surface area contributed by atoms with Crippen molar-refractivity contribution in [3.05, 3.63) is 11.9 Å². The predicted molar refractivity (Wildman–Crippen MR) is 103 cm³/mol. The topological polar surface area (TPSA) is 144 Å². The molecule has 0 bridgehead atoms. The van der Waals surface area contributed by atoms with E-state index >= 15 is 0 Å². The number of aromatic nitrogens is 3. The van der Waals surface area contributed by atoms with E-state index in [1.807, 2.05) is 9.58 Å². The van der Waals surface area contributed by atoms with Gasteiger partial charge in [-0.3, -0.25) is 9.59 Å². The zero-order valence-corrected chi connectivity index (χ0v) is 16.8. The third kappa shape index (κ3) is 5.31. The van der Waals surface area contributed by atoms with Crippen LogP contribution < -0.4 is 5.73 Å². The summed E-state index contributed by atoms with van der Waals surface area (Å²) in [6.07, 6.45) is 7.38. The van der Waals surface area contributed by atoms with E-state index in [1.165, 1.54) is 0 Å². The summed E-state index contributed by atoms with van der Waals surface area (Å²) in [6.45, 7) is 2.35. The van der Waals surface area contributed by atoms with Crippen LogP contribution in [0.15, 0.2) is 6.20 Å². The number of aliphatic carboxylic acids is 1. The molecule has 0 radical (unpaired) electrons. The van der Waals surface area contributed by atoms with Crippen LogP contribution in [-0.2, 0) is 9.53 Å². The quantitative estimate of drug-likeness (QED) is 0.652. The molecule has 2 saturated carbocycles. The number of aliphatic hydroxyl groups excluding tert-OH is 1. The molecule has 3 aliphatic rings. The maximum absolute atomic E-state index is 13.0. The Morgan fingerprint density at radius 2 is 1.97 bits per heavy atom. The number of carboxylic acid groups (broad SMARTS) is 1. The second-order valence-corrected chi connectivity index (χ2v) is 8.17. The molecule has 29 heavy (non-hydrogen) atoms. The largest absolute Gasteiger partial charge is 0.481 e. The lowest BCUT2D eigenvalue weighted by molar-refractivity contribution is -0.134. The Morgan fingerprint density at radius 1 is 1.28 bits per heavy atom. The number of hydrogen-bond donors (Lipinski definition) is 3. The van der Waals surface area contributed by atoms with Crippen LogP contribution in [0.3, 0.4) is 0 Å². The average molecular weight is 409 g/mol. The molecule has 1 saturated heterocycles. The third-order valence-electron chi connectivity index (χ3n) is 6.00. The van der Waals surface area contributed by atoms with Crippen molar-refractivity contribution < 1.29 is 24.5 Å². The maximum atomic E-state index is 13.0. The molecule has 1 amide bonds. The van der Waals surface area contributed by atoms with E-state index < -0.39 is 5.97 Å². The van der Waals surface area contributed by atoms with Gasteiger partial charge in [0.15, 0.2) is 5.69 Å². The Labute approximate surface area is 170 Å². The first-order chi connectivity index (χ1) is 13.9. The van der Waals surface area contributed by atoms with Crippen molar-refractivity contribution >= 4 is 11.9 Å². The van der Waals surface area contributed by atoms with Crippen LogP contribution in [0.4, 0.5) is 0 Å². The van der Waals surface area contributed by atoms with Crippen molar-refractivity contribution in [3.63, 3.8) is 0 Å². The summed E-state index contributed by atoms with van der Waals surface area (Å²) in [4.78, 5) is 23.8. The number of hydrogen-bond acceptors (Lipinski definition) is 7. The van der Waals surface area contributed by atoms with Crippen LogP contribution in [0.25, 0.3) is 0 Å². The van der Waals surface area contributed by atoms with Crippen LogP contribution in [0.2, 0.25) is 0 Å². The van der Waals surface area contributed by atoms with Gasteiger partial charge in [-0.05, 0) is 44.4 Å². The van der Waals surface area contributed by atoms with Gasteiger partial charge >= 0.3 is 0 Å². The van der Waals surface area contributed by atoms with Crippen LogP contribution in [-0.4, -0.2) is 79.9 Å². The molecule has 0 aromatic carbocycles. The summed E-state index contributed by atoms with van der Waals surface area (Å²) in [5.41, 5.74) is 6.37. The molecule has 3 atom stereocenters. The minimum atomic E-state index is -0.833. The number of fused-ring (bicyclic) bond motifs is 1. The lowest BCUT2D eigenvalue weighted by Crippen LogP contribution is -2.51. The van der Waals surface area contributed by atoms with Gasteiger partial charge in [0.05, 0.1) is 31.0 Å². The minimum Gasteiger partial charge on any atom is -0.481 e. The minimum absolute atomic E-state index is 0.0322. The first kappa shape index (κ1) is 21.7. The van der Waals surface area contributed by atoms with E-state index in [0.29, 0.717) is 18.8 Å². The third-order valence-corrected chi connectivity index (χ3v) is 6.00. The standard InChI is InChI=1S/C17H27N5O3.C2H4O2/c18-12-1-3-13(4-2-12)22-9-14(19-20-22)17(24)21-5-6-25-16-8-11(10-23)7-15(16)21;1-2(3)4/h9,11-13,15-16,23H,1-8,10,18H2;1H3,(H,3,4)/t11-,12?,13?,15+,16?;/m1./s1. The highest BCUT2D eigenvalue weighted by atomic mass is 16.5. The Morgan fingerprint density at radius 3 is 2.62 bits per heavy atom. The number of rotatable bonds is 3. The molecule has 162 valence electrons. The van der Waals surface area contributed by atoms with Gasteiger partial charge in [0.2, 0.25) is 0 Å². The molecule has 3 fully saturated rings. The van der Waals surface area contributed by atoms with E-state index in [-0.39, 0.29) is 42.7 Å². The fourth-order valence-electron chi connectivity index (χ4n) is 4.52. The Hall–Kier alpha value is -2.04. The highest BCUT2D eigenvalue weighted by Crippen LogP contribution is 2.34. The molecule has 2 aliphatic carbocycles. The summed E-state index contributed by atoms with van der Waals surface area (Å²) in [6, 6.07) is 0.612. The molecule has 4 rings (SSSR count). The molecule has 2 heterocycles. The summed E-state index contributed by atoms with van der Waals surface area (Å²) < 4.78 is 7.64. The SMILES string of the molecule is CC(=O)O.NC1CCC(n2cc(C(=O)N3CCOC4C[C@H](CO)C[C@@H]43)nn2)CC1. The van der Waals surface area contributed by atoms with E-state index in [2.05, 4.69) is 10.3 Å². The van der Waals surface area contributed by atoms with Crippen molar-refractivity contribution in [3.8, 4) is 0 Å². The smallest absolute Gasteiger partial charge is 0.300 e. The summed E-state index contributed by atoms with van der Waals surface area (Å²) in [5, 5.41) is 25.2. The fourth-order valence-corrected chi connectivity index (χ4v) is 4.52. The van der Waals surface area contributed by atoms with Gasteiger partial charge in [-0.1, -0.05) is 5.21 Å². The van der Waals surface area contributed by atoms with Gasteiger partial charge in [-0.25, -0.2) is 4.68 Å². The zero-order chi connectivity index (χ0) is 21.0. The molecule has 1 aromatic rings. The fraction of sp³-hybridized carbons (Fsp3) is 0.789. The first-order valence-electron chi connectivity index (χ1n) is 10.3. The molecule has 10 heteroatoms. The Balaban J connectivity index is 0.000000552. The molecule has 1 aliphatic heterocycles. The van der Waals surface area contributed by atoms with Crippen LogP contribution in [0.1, 0.15) is 62.0 Å². The van der Waals surface area contributed by atoms with Gasteiger partial charge in [-0.2, -0.15) is 0 Å². The van der Waals surface area contributed by atoms with Crippen molar-refractivity contribution in [2.24, 2.45) is 11.7 Å².